The lowest BCUT2D eigenvalue weighted by molar-refractivity contribution is 0.142. The van der Waals surface area contributed by atoms with E-state index in [9.17, 15) is 5.11 Å². The topological polar surface area (TPSA) is 119 Å². The van der Waals surface area contributed by atoms with Crippen molar-refractivity contribution in [1.82, 2.24) is 39.6 Å². The molecule has 11 nitrogen and oxygen atoms in total. The monoisotopic (exact) mass is 506 g/mol. The number of hydrogen-bond donors (Lipinski definition) is 2. The highest BCUT2D eigenvalue weighted by Gasteiger charge is 2.24. The lowest BCUT2D eigenvalue weighted by atomic mass is 10.1. The maximum atomic E-state index is 10.2. The predicted octanol–water partition coefficient (Wildman–Crippen LogP) is 3.03. The smallest absolute Gasteiger partial charge is 0.240 e. The number of aromatic amines is 1. The van der Waals surface area contributed by atoms with Crippen LogP contribution in [0.2, 0.25) is 0 Å². The Bertz CT molecular complexity index is 1450. The lowest BCUT2D eigenvalue weighted by Gasteiger charge is -2.23. The quantitative estimate of drug-likeness (QED) is 0.434. The Balaban J connectivity index is 1.70. The third-order valence-corrected chi connectivity index (χ3v) is 6.39. The van der Waals surface area contributed by atoms with Gasteiger partial charge in [0.15, 0.2) is 0 Å². The molecule has 37 heavy (non-hydrogen) atoms. The molecular weight excluding hydrogens is 472 g/mol. The van der Waals surface area contributed by atoms with Crippen LogP contribution in [0.1, 0.15) is 43.4 Å². The molecule has 11 heteroatoms. The number of nitrogens with zero attached hydrogens (tertiary/aromatic N) is 7. The van der Waals surface area contributed by atoms with Gasteiger partial charge in [0, 0.05) is 25.5 Å². The number of fused-ring (bicyclic) bond motifs is 4. The van der Waals surface area contributed by atoms with Crippen LogP contribution in [0.15, 0.2) is 12.3 Å². The van der Waals surface area contributed by atoms with Gasteiger partial charge in [-0.25, -0.2) is 4.68 Å². The molecule has 0 amide bonds. The number of aliphatic hydroxyl groups excluding tert-OH is 1. The van der Waals surface area contributed by atoms with Crippen LogP contribution in [-0.2, 0) is 20.1 Å². The fraction of sp³-hybridized carbons (Fsp3) is 0.462. The summed E-state index contributed by atoms with van der Waals surface area (Å²) >= 11 is 0. The van der Waals surface area contributed by atoms with Crippen molar-refractivity contribution in [3.8, 4) is 23.0 Å². The van der Waals surface area contributed by atoms with E-state index in [2.05, 4.69) is 20.2 Å². The van der Waals surface area contributed by atoms with Gasteiger partial charge in [0.05, 0.1) is 64.9 Å². The van der Waals surface area contributed by atoms with Crippen LogP contribution >= 0.6 is 0 Å². The lowest BCUT2D eigenvalue weighted by Crippen LogP contribution is -2.32. The second-order valence-electron chi connectivity index (χ2n) is 9.70. The zero-order chi connectivity index (χ0) is 26.3. The van der Waals surface area contributed by atoms with E-state index in [4.69, 9.17) is 19.6 Å². The van der Waals surface area contributed by atoms with Crippen LogP contribution < -0.4 is 9.47 Å². The molecule has 4 aromatic heterocycles. The molecule has 2 N–H and O–H groups in total. The molecule has 0 fully saturated rings. The second-order valence-corrected chi connectivity index (χ2v) is 9.70. The van der Waals surface area contributed by atoms with Crippen LogP contribution in [0.5, 0.6) is 11.8 Å². The van der Waals surface area contributed by atoms with Crippen LogP contribution in [0, 0.1) is 6.92 Å². The summed E-state index contributed by atoms with van der Waals surface area (Å²) in [7, 11) is 3.93. The van der Waals surface area contributed by atoms with E-state index in [1.165, 1.54) is 0 Å². The van der Waals surface area contributed by atoms with Crippen LogP contribution in [0.3, 0.4) is 0 Å². The van der Waals surface area contributed by atoms with Gasteiger partial charge in [-0.15, -0.1) is 5.10 Å². The average molecular weight is 507 g/mol. The first kappa shape index (κ1) is 25.0. The van der Waals surface area contributed by atoms with Crippen molar-refractivity contribution >= 4 is 23.1 Å². The number of aryl methyl sites for hydroxylation is 2. The van der Waals surface area contributed by atoms with Gasteiger partial charge in [-0.2, -0.15) is 10.2 Å². The summed E-state index contributed by atoms with van der Waals surface area (Å²) in [6.45, 7) is 9.80. The Morgan fingerprint density at radius 1 is 1.27 bits per heavy atom. The molecule has 0 aromatic carbocycles. The molecule has 196 valence electrons. The van der Waals surface area contributed by atoms with Gasteiger partial charge in [-0.1, -0.05) is 0 Å². The molecule has 5 heterocycles. The van der Waals surface area contributed by atoms with E-state index in [0.29, 0.717) is 38.0 Å². The molecule has 2 atom stereocenters. The van der Waals surface area contributed by atoms with Crippen LogP contribution in [0.25, 0.3) is 34.3 Å². The minimum Gasteiger partial charge on any atom is -0.476 e. The summed E-state index contributed by atoms with van der Waals surface area (Å²) < 4.78 is 16.0. The Labute approximate surface area is 215 Å². The summed E-state index contributed by atoms with van der Waals surface area (Å²) in [6.07, 6.45) is 5.07. The first-order valence-electron chi connectivity index (χ1n) is 12.6. The van der Waals surface area contributed by atoms with Crippen molar-refractivity contribution < 1.29 is 14.6 Å². The first-order chi connectivity index (χ1) is 17.7. The number of pyridine rings is 1. The number of aromatic nitrogens is 7. The third-order valence-electron chi connectivity index (χ3n) is 6.39. The number of H-pyrrole nitrogens is 1. The van der Waals surface area contributed by atoms with Gasteiger partial charge in [-0.3, -0.25) is 19.7 Å². The fourth-order valence-corrected chi connectivity index (χ4v) is 4.88. The molecule has 5 rings (SSSR count). The molecule has 1 aliphatic heterocycles. The molecule has 0 saturated heterocycles. The maximum absolute atomic E-state index is 10.2. The summed E-state index contributed by atoms with van der Waals surface area (Å²) in [4.78, 5) is 6.88. The standard InChI is InChI=1S/C26H34N8O3/c1-7-36-25-18-8-9-20-19-10-21(27-11-22(19)29-28-20)24-17(4)30-33(6)26(24)37-16(3)13-32(5)14-23(18)34(31-25)12-15(2)35/h8-11,15-16,35H,7,12-14H2,1-6H3,(H,28,29)/b9-8+/t15-,16-/m0/s1. The van der Waals surface area contributed by atoms with E-state index >= 15 is 0 Å². The zero-order valence-electron chi connectivity index (χ0n) is 22.2. The number of ether oxygens (including phenoxy) is 2. The Morgan fingerprint density at radius 2 is 2.08 bits per heavy atom. The largest absolute Gasteiger partial charge is 0.476 e. The van der Waals surface area contributed by atoms with Gasteiger partial charge >= 0.3 is 0 Å². The summed E-state index contributed by atoms with van der Waals surface area (Å²) in [5, 5.41) is 28.0. The number of aliphatic hydroxyl groups is 1. The Hall–Kier alpha value is -3.70. The molecule has 0 unspecified atom stereocenters. The minimum absolute atomic E-state index is 0.129. The van der Waals surface area contributed by atoms with Crippen molar-refractivity contribution in [3.05, 3.63) is 34.9 Å². The highest BCUT2D eigenvalue weighted by Crippen LogP contribution is 2.35. The minimum atomic E-state index is -0.556. The normalized spacial score (nSPS) is 18.1. The molecular formula is C26H34N8O3. The van der Waals surface area contributed by atoms with Crippen molar-refractivity contribution in [2.45, 2.75) is 53.0 Å². The molecule has 0 spiro atoms. The van der Waals surface area contributed by atoms with Gasteiger partial charge in [0.25, 0.3) is 0 Å². The zero-order valence-corrected chi connectivity index (χ0v) is 22.2. The summed E-state index contributed by atoms with van der Waals surface area (Å²) in [5.74, 6) is 1.21. The van der Waals surface area contributed by atoms with Crippen molar-refractivity contribution in [1.29, 1.82) is 0 Å². The fourth-order valence-electron chi connectivity index (χ4n) is 4.88. The summed E-state index contributed by atoms with van der Waals surface area (Å²) in [5.41, 5.74) is 5.92. The van der Waals surface area contributed by atoms with E-state index < -0.39 is 6.10 Å². The SMILES string of the molecule is CCOc1nn(C[C@H](C)O)c2c1/C=C/c1n[nH]c3cnc(cc13)-c1c(C)nn(C)c1O[C@@H](C)CN(C)C2. The van der Waals surface area contributed by atoms with Gasteiger partial charge in [-0.05, 0) is 53.0 Å². The third kappa shape index (κ3) is 4.84. The summed E-state index contributed by atoms with van der Waals surface area (Å²) in [6, 6.07) is 2.02. The molecule has 0 saturated carbocycles. The number of likely N-dealkylation sites (N-methyl/N-ethyl adjacent to an activating group) is 1. The van der Waals surface area contributed by atoms with Gasteiger partial charge in [0.2, 0.25) is 11.8 Å². The van der Waals surface area contributed by atoms with Crippen molar-refractivity contribution in [3.63, 3.8) is 0 Å². The molecule has 0 aliphatic carbocycles. The second kappa shape index (κ2) is 9.98. The number of hydrogen-bond acceptors (Lipinski definition) is 8. The predicted molar refractivity (Wildman–Crippen MR) is 141 cm³/mol. The van der Waals surface area contributed by atoms with Crippen molar-refractivity contribution in [2.75, 3.05) is 20.2 Å². The van der Waals surface area contributed by atoms with E-state index in [-0.39, 0.29) is 6.10 Å². The molecule has 2 bridgehead atoms. The number of nitrogens with one attached hydrogen (secondary N) is 1. The van der Waals surface area contributed by atoms with Gasteiger partial charge in [0.1, 0.15) is 6.10 Å². The van der Waals surface area contributed by atoms with Crippen molar-refractivity contribution in [2.24, 2.45) is 7.05 Å². The van der Waals surface area contributed by atoms with E-state index in [1.54, 1.807) is 17.8 Å². The van der Waals surface area contributed by atoms with Crippen LogP contribution in [0.4, 0.5) is 0 Å². The molecule has 1 aliphatic rings. The van der Waals surface area contributed by atoms with E-state index in [0.717, 1.165) is 44.8 Å². The molecule has 0 radical (unpaired) electrons. The Kier molecular flexibility index (Phi) is 6.74. The number of rotatable bonds is 4. The average Bonchev–Trinajstić information content (AvgIpc) is 3.45. The van der Waals surface area contributed by atoms with E-state index in [1.807, 2.05) is 57.8 Å². The molecule has 4 aromatic rings. The Morgan fingerprint density at radius 3 is 2.84 bits per heavy atom. The maximum Gasteiger partial charge on any atom is 0.240 e. The first-order valence-corrected chi connectivity index (χ1v) is 12.6. The highest BCUT2D eigenvalue weighted by molar-refractivity contribution is 5.92. The van der Waals surface area contributed by atoms with Crippen LogP contribution in [-0.4, -0.2) is 77.2 Å². The highest BCUT2D eigenvalue weighted by atomic mass is 16.5. The van der Waals surface area contributed by atoms with Gasteiger partial charge < -0.3 is 14.6 Å².